The van der Waals surface area contributed by atoms with Crippen molar-refractivity contribution < 1.29 is 4.79 Å². The Labute approximate surface area is 155 Å². The molecule has 128 valence electrons. The second kappa shape index (κ2) is 6.65. The molecule has 0 fully saturated rings. The molecule has 0 radical (unpaired) electrons. The van der Waals surface area contributed by atoms with Gasteiger partial charge >= 0.3 is 0 Å². The van der Waals surface area contributed by atoms with Gasteiger partial charge in [0.15, 0.2) is 0 Å². The van der Waals surface area contributed by atoms with Crippen LogP contribution >= 0.6 is 22.9 Å². The lowest BCUT2D eigenvalue weighted by Crippen LogP contribution is -2.22. The van der Waals surface area contributed by atoms with Gasteiger partial charge in [0.2, 0.25) is 0 Å². The summed E-state index contributed by atoms with van der Waals surface area (Å²) in [6.45, 7) is 0.371. The molecule has 0 bridgehead atoms. The number of nitrogens with two attached hydrogens (primary N) is 1. The smallest absolute Gasteiger partial charge is 0.263 e. The minimum Gasteiger partial charge on any atom is -0.397 e. The molecule has 0 atom stereocenters. The first-order valence-corrected chi connectivity index (χ1v) is 9.55. The van der Waals surface area contributed by atoms with Crippen LogP contribution in [0.1, 0.15) is 39.3 Å². The number of hydrogen-bond donors (Lipinski definition) is 2. The van der Waals surface area contributed by atoms with Crippen LogP contribution in [-0.4, -0.2) is 10.9 Å². The summed E-state index contributed by atoms with van der Waals surface area (Å²) in [5.74, 6) is -0.182. The number of benzene rings is 1. The van der Waals surface area contributed by atoms with Gasteiger partial charge in [-0.15, -0.1) is 11.3 Å². The van der Waals surface area contributed by atoms with Gasteiger partial charge in [-0.2, -0.15) is 0 Å². The highest BCUT2D eigenvalue weighted by molar-refractivity contribution is 7.21. The maximum Gasteiger partial charge on any atom is 0.263 e. The fourth-order valence-electron chi connectivity index (χ4n) is 3.23. The molecule has 0 saturated carbocycles. The Morgan fingerprint density at radius 1 is 1.28 bits per heavy atom. The van der Waals surface area contributed by atoms with E-state index in [0.29, 0.717) is 22.1 Å². The summed E-state index contributed by atoms with van der Waals surface area (Å²) in [6.07, 6.45) is 4.42. The maximum atomic E-state index is 12.6. The summed E-state index contributed by atoms with van der Waals surface area (Å²) in [5.41, 5.74) is 10.1. The minimum atomic E-state index is -0.182. The lowest BCUT2D eigenvalue weighted by molar-refractivity contribution is 0.0956. The molecule has 1 amide bonds. The van der Waals surface area contributed by atoms with E-state index in [2.05, 4.69) is 11.4 Å². The number of hydrogen-bond acceptors (Lipinski definition) is 4. The predicted octanol–water partition coefficient (Wildman–Crippen LogP) is 4.34. The van der Waals surface area contributed by atoms with Gasteiger partial charge < -0.3 is 11.1 Å². The predicted molar refractivity (Wildman–Crippen MR) is 103 cm³/mol. The van der Waals surface area contributed by atoms with Gasteiger partial charge in [0.25, 0.3) is 5.91 Å². The molecular formula is C19H18ClN3OS. The number of thiophene rings is 1. The number of nitrogens with zero attached hydrogens (tertiary/aromatic N) is 1. The molecule has 4 rings (SSSR count). The number of fused-ring (bicyclic) bond motifs is 2. The van der Waals surface area contributed by atoms with Crippen molar-refractivity contribution in [1.82, 2.24) is 10.3 Å². The highest BCUT2D eigenvalue weighted by Gasteiger charge is 2.20. The number of pyridine rings is 1. The summed E-state index contributed by atoms with van der Waals surface area (Å²) in [5, 5.41) is 4.44. The zero-order valence-corrected chi connectivity index (χ0v) is 15.2. The van der Waals surface area contributed by atoms with E-state index in [9.17, 15) is 4.79 Å². The van der Waals surface area contributed by atoms with E-state index in [-0.39, 0.29) is 5.91 Å². The maximum absolute atomic E-state index is 12.6. The standard InChI is InChI=1S/C19H18ClN3OS/c20-14-7-3-1-6-12(14)10-22-18(24)17-16(21)13-9-11-5-2-4-8-15(11)23-19(13)25-17/h1,3,6-7,9H,2,4-5,8,10,21H2,(H,22,24). The van der Waals surface area contributed by atoms with Crippen molar-refractivity contribution in [2.24, 2.45) is 0 Å². The van der Waals surface area contributed by atoms with Crippen LogP contribution in [-0.2, 0) is 19.4 Å². The quantitative estimate of drug-likeness (QED) is 0.719. The van der Waals surface area contributed by atoms with Crippen LogP contribution in [0, 0.1) is 0 Å². The third-order valence-electron chi connectivity index (χ3n) is 4.60. The summed E-state index contributed by atoms with van der Waals surface area (Å²) >= 11 is 7.50. The molecule has 4 nitrogen and oxygen atoms in total. The Kier molecular flexibility index (Phi) is 4.36. The monoisotopic (exact) mass is 371 g/mol. The van der Waals surface area contributed by atoms with Crippen LogP contribution in [0.25, 0.3) is 10.2 Å². The average molecular weight is 372 g/mol. The summed E-state index contributed by atoms with van der Waals surface area (Å²) in [6, 6.07) is 9.59. The summed E-state index contributed by atoms with van der Waals surface area (Å²) in [7, 11) is 0. The molecular weight excluding hydrogens is 354 g/mol. The van der Waals surface area contributed by atoms with Gasteiger partial charge in [0.05, 0.1) is 5.69 Å². The van der Waals surface area contributed by atoms with Crippen molar-refractivity contribution in [1.29, 1.82) is 0 Å². The van der Waals surface area contributed by atoms with Crippen molar-refractivity contribution in [2.45, 2.75) is 32.2 Å². The largest absolute Gasteiger partial charge is 0.397 e. The van der Waals surface area contributed by atoms with Gasteiger partial charge in [0.1, 0.15) is 9.71 Å². The fraction of sp³-hybridized carbons (Fsp3) is 0.263. The van der Waals surface area contributed by atoms with E-state index in [1.54, 1.807) is 0 Å². The van der Waals surface area contributed by atoms with E-state index in [0.717, 1.165) is 34.3 Å². The number of anilines is 1. The van der Waals surface area contributed by atoms with Gasteiger partial charge in [-0.25, -0.2) is 4.98 Å². The third kappa shape index (κ3) is 3.10. The Hall–Kier alpha value is -2.11. The molecule has 0 spiro atoms. The van der Waals surface area contributed by atoms with E-state index in [4.69, 9.17) is 22.3 Å². The Bertz CT molecular complexity index is 967. The van der Waals surface area contributed by atoms with E-state index < -0.39 is 0 Å². The molecule has 1 aliphatic rings. The van der Waals surface area contributed by atoms with Crippen molar-refractivity contribution in [3.63, 3.8) is 0 Å². The SMILES string of the molecule is Nc1c(C(=O)NCc2ccccc2Cl)sc2nc3c(cc12)CCCC3. The molecule has 6 heteroatoms. The highest BCUT2D eigenvalue weighted by Crippen LogP contribution is 2.35. The van der Waals surface area contributed by atoms with E-state index >= 15 is 0 Å². The van der Waals surface area contributed by atoms with Crippen LogP contribution in [0.2, 0.25) is 5.02 Å². The molecule has 2 aromatic heterocycles. The van der Waals surface area contributed by atoms with Crippen LogP contribution in [0.4, 0.5) is 5.69 Å². The fourth-order valence-corrected chi connectivity index (χ4v) is 4.44. The Morgan fingerprint density at radius 2 is 2.08 bits per heavy atom. The normalized spacial score (nSPS) is 13.6. The number of rotatable bonds is 3. The van der Waals surface area contributed by atoms with Crippen LogP contribution < -0.4 is 11.1 Å². The Balaban J connectivity index is 1.61. The molecule has 1 aliphatic carbocycles. The first-order chi connectivity index (χ1) is 12.1. The highest BCUT2D eigenvalue weighted by atomic mass is 35.5. The van der Waals surface area contributed by atoms with Gasteiger partial charge in [-0.05, 0) is 48.9 Å². The first-order valence-electron chi connectivity index (χ1n) is 8.36. The molecule has 3 N–H and O–H groups in total. The van der Waals surface area contributed by atoms with Crippen LogP contribution in [0.15, 0.2) is 30.3 Å². The number of nitrogen functional groups attached to an aromatic ring is 1. The third-order valence-corrected chi connectivity index (χ3v) is 6.09. The topological polar surface area (TPSA) is 68.0 Å². The van der Waals surface area contributed by atoms with Crippen molar-refractivity contribution in [2.75, 3.05) is 5.73 Å². The lowest BCUT2D eigenvalue weighted by atomic mass is 9.95. The second-order valence-electron chi connectivity index (χ2n) is 6.27. The molecule has 0 saturated heterocycles. The zero-order valence-electron chi connectivity index (χ0n) is 13.6. The van der Waals surface area contributed by atoms with Gasteiger partial charge in [-0.1, -0.05) is 29.8 Å². The van der Waals surface area contributed by atoms with E-state index in [1.165, 1.54) is 29.7 Å². The molecule has 0 aliphatic heterocycles. The molecule has 25 heavy (non-hydrogen) atoms. The van der Waals surface area contributed by atoms with Gasteiger partial charge in [-0.3, -0.25) is 4.79 Å². The molecule has 0 unspecified atom stereocenters. The number of nitrogens with one attached hydrogen (secondary N) is 1. The van der Waals surface area contributed by atoms with Crippen LogP contribution in [0.5, 0.6) is 0 Å². The van der Waals surface area contributed by atoms with Gasteiger partial charge in [0, 0.05) is 22.6 Å². The number of aryl methyl sites for hydroxylation is 2. The number of carbonyl (C=O) groups is 1. The molecule has 3 aromatic rings. The summed E-state index contributed by atoms with van der Waals surface area (Å²) < 4.78 is 0. The van der Waals surface area contributed by atoms with Crippen molar-refractivity contribution in [3.8, 4) is 0 Å². The van der Waals surface area contributed by atoms with E-state index in [1.807, 2.05) is 24.3 Å². The van der Waals surface area contributed by atoms with Crippen molar-refractivity contribution >= 4 is 44.7 Å². The molecule has 1 aromatic carbocycles. The minimum absolute atomic E-state index is 0.182. The number of aromatic nitrogens is 1. The Morgan fingerprint density at radius 3 is 2.92 bits per heavy atom. The number of carbonyl (C=O) groups excluding carboxylic acids is 1. The average Bonchev–Trinajstić information content (AvgIpc) is 2.95. The summed E-state index contributed by atoms with van der Waals surface area (Å²) in [4.78, 5) is 18.7. The first kappa shape index (κ1) is 16.4. The zero-order chi connectivity index (χ0) is 17.4. The number of amides is 1. The number of halogens is 1. The van der Waals surface area contributed by atoms with Crippen LogP contribution in [0.3, 0.4) is 0 Å². The van der Waals surface area contributed by atoms with Crippen molar-refractivity contribution in [3.05, 3.63) is 57.1 Å². The molecule has 2 heterocycles. The second-order valence-corrected chi connectivity index (χ2v) is 7.68. The lowest BCUT2D eigenvalue weighted by Gasteiger charge is -2.14.